The summed E-state index contributed by atoms with van der Waals surface area (Å²) in [6.45, 7) is 0.285. The largest absolute Gasteiger partial charge is 0.507 e. The lowest BCUT2D eigenvalue weighted by atomic mass is 10.2. The first-order valence-corrected chi connectivity index (χ1v) is 10.5. The van der Waals surface area contributed by atoms with Crippen LogP contribution in [0, 0.1) is 0 Å². The second-order valence-electron chi connectivity index (χ2n) is 6.31. The topological polar surface area (TPSA) is 80.2 Å². The summed E-state index contributed by atoms with van der Waals surface area (Å²) < 4.78 is 11.9. The fraction of sp³-hybridized carbons (Fsp3) is 0.0909. The number of rotatable bonds is 7. The number of hydrazone groups is 1. The Labute approximate surface area is 197 Å². The van der Waals surface area contributed by atoms with Crippen LogP contribution in [0.5, 0.6) is 17.2 Å². The average Bonchev–Trinajstić information content (AvgIpc) is 2.76. The van der Waals surface area contributed by atoms with Gasteiger partial charge in [-0.15, -0.1) is 0 Å². The Morgan fingerprint density at radius 3 is 2.65 bits per heavy atom. The van der Waals surface area contributed by atoms with Crippen LogP contribution >= 0.6 is 39.1 Å². The van der Waals surface area contributed by atoms with Crippen molar-refractivity contribution < 1.29 is 19.4 Å². The summed E-state index contributed by atoms with van der Waals surface area (Å²) in [6.07, 6.45) is 1.46. The summed E-state index contributed by atoms with van der Waals surface area (Å²) in [7, 11) is 1.53. The molecule has 0 saturated carbocycles. The van der Waals surface area contributed by atoms with Crippen molar-refractivity contribution in [3.05, 3.63) is 85.8 Å². The molecule has 31 heavy (non-hydrogen) atoms. The molecule has 3 rings (SSSR count). The monoisotopic (exact) mass is 522 g/mol. The van der Waals surface area contributed by atoms with Gasteiger partial charge in [-0.25, -0.2) is 5.43 Å². The Morgan fingerprint density at radius 2 is 1.90 bits per heavy atom. The molecular formula is C22H17BrCl2N2O4. The van der Waals surface area contributed by atoms with Crippen LogP contribution in [0.25, 0.3) is 0 Å². The van der Waals surface area contributed by atoms with Gasteiger partial charge in [0, 0.05) is 4.47 Å². The van der Waals surface area contributed by atoms with E-state index >= 15 is 0 Å². The van der Waals surface area contributed by atoms with Gasteiger partial charge >= 0.3 is 0 Å². The predicted molar refractivity (Wildman–Crippen MR) is 125 cm³/mol. The number of nitrogens with zero attached hydrogens (tertiary/aromatic N) is 1. The minimum atomic E-state index is -0.538. The van der Waals surface area contributed by atoms with E-state index in [9.17, 15) is 9.90 Å². The highest BCUT2D eigenvalue weighted by Crippen LogP contribution is 2.29. The molecule has 0 aliphatic carbocycles. The quantitative estimate of drug-likeness (QED) is 0.302. The molecule has 0 unspecified atom stereocenters. The van der Waals surface area contributed by atoms with Crippen LogP contribution in [0.4, 0.5) is 0 Å². The molecule has 1 amide bonds. The van der Waals surface area contributed by atoms with Gasteiger partial charge in [-0.05, 0) is 59.7 Å². The van der Waals surface area contributed by atoms with Gasteiger partial charge in [0.05, 0.1) is 28.9 Å². The first kappa shape index (κ1) is 22.9. The maximum atomic E-state index is 12.2. The van der Waals surface area contributed by atoms with E-state index in [-0.39, 0.29) is 17.9 Å². The van der Waals surface area contributed by atoms with Crippen molar-refractivity contribution in [3.8, 4) is 17.2 Å². The molecule has 3 aromatic carbocycles. The third-order valence-electron chi connectivity index (χ3n) is 4.15. The molecule has 2 N–H and O–H groups in total. The third kappa shape index (κ3) is 6.13. The Kier molecular flexibility index (Phi) is 7.79. The zero-order chi connectivity index (χ0) is 22.4. The number of halogens is 3. The maximum absolute atomic E-state index is 12.2. The molecule has 3 aromatic rings. The van der Waals surface area contributed by atoms with Gasteiger partial charge in [0.25, 0.3) is 5.91 Å². The Hall–Kier alpha value is -2.74. The van der Waals surface area contributed by atoms with E-state index in [1.54, 1.807) is 36.4 Å². The smallest absolute Gasteiger partial charge is 0.275 e. The first-order chi connectivity index (χ1) is 14.9. The van der Waals surface area contributed by atoms with Crippen molar-refractivity contribution in [2.24, 2.45) is 5.10 Å². The number of carbonyl (C=O) groups is 1. The standard InChI is InChI=1S/C22H17BrCl2N2O4/c1-30-21-9-13(11-26-27-22(29)16-10-15(23)4-6-19(16)28)3-7-20(21)31-12-14-2-5-17(24)18(25)8-14/h2-11,28H,12H2,1H3,(H,27,29)/b26-11-. The van der Waals surface area contributed by atoms with Crippen LogP contribution in [0.3, 0.4) is 0 Å². The summed E-state index contributed by atoms with van der Waals surface area (Å²) in [5.41, 5.74) is 4.02. The minimum Gasteiger partial charge on any atom is -0.507 e. The number of aromatic hydroxyl groups is 1. The van der Waals surface area contributed by atoms with Crippen LogP contribution in [0.2, 0.25) is 10.0 Å². The second kappa shape index (κ2) is 10.5. The summed E-state index contributed by atoms with van der Waals surface area (Å²) in [6, 6.07) is 15.0. The lowest BCUT2D eigenvalue weighted by Gasteiger charge is -2.12. The number of methoxy groups -OCH3 is 1. The Morgan fingerprint density at radius 1 is 1.10 bits per heavy atom. The van der Waals surface area contributed by atoms with Crippen LogP contribution in [-0.4, -0.2) is 24.3 Å². The highest BCUT2D eigenvalue weighted by Gasteiger charge is 2.11. The van der Waals surface area contributed by atoms with Crippen molar-refractivity contribution in [2.75, 3.05) is 7.11 Å². The summed E-state index contributed by atoms with van der Waals surface area (Å²) in [5.74, 6) is 0.360. The van der Waals surface area contributed by atoms with Crippen LogP contribution in [0.15, 0.2) is 64.2 Å². The molecule has 6 nitrogen and oxygen atoms in total. The fourth-order valence-corrected chi connectivity index (χ4v) is 3.27. The molecular weight excluding hydrogens is 507 g/mol. The molecule has 0 heterocycles. The summed E-state index contributed by atoms with van der Waals surface area (Å²) >= 11 is 15.2. The van der Waals surface area contributed by atoms with E-state index < -0.39 is 5.91 Å². The average molecular weight is 524 g/mol. The molecule has 0 aromatic heterocycles. The normalized spacial score (nSPS) is 10.8. The van der Waals surface area contributed by atoms with Gasteiger partial charge in [-0.3, -0.25) is 4.79 Å². The second-order valence-corrected chi connectivity index (χ2v) is 8.04. The van der Waals surface area contributed by atoms with E-state index in [4.69, 9.17) is 32.7 Å². The number of nitrogens with one attached hydrogen (secondary N) is 1. The van der Waals surface area contributed by atoms with E-state index in [0.717, 1.165) is 5.56 Å². The first-order valence-electron chi connectivity index (χ1n) is 8.94. The van der Waals surface area contributed by atoms with Gasteiger partial charge in [0.1, 0.15) is 12.4 Å². The number of amides is 1. The molecule has 0 radical (unpaired) electrons. The van der Waals surface area contributed by atoms with Crippen molar-refractivity contribution >= 4 is 51.3 Å². The van der Waals surface area contributed by atoms with Crippen molar-refractivity contribution in [3.63, 3.8) is 0 Å². The Bertz CT molecular complexity index is 1140. The predicted octanol–water partition coefficient (Wildman–Crippen LogP) is 5.81. The summed E-state index contributed by atoms with van der Waals surface area (Å²) in [4.78, 5) is 12.2. The zero-order valence-electron chi connectivity index (χ0n) is 16.2. The number of phenols is 1. The zero-order valence-corrected chi connectivity index (χ0v) is 19.3. The molecule has 0 saturated heterocycles. The van der Waals surface area contributed by atoms with E-state index in [1.165, 1.54) is 25.5 Å². The number of hydrogen-bond donors (Lipinski definition) is 2. The molecule has 0 aliphatic heterocycles. The van der Waals surface area contributed by atoms with E-state index in [0.29, 0.717) is 31.6 Å². The maximum Gasteiger partial charge on any atom is 0.275 e. The van der Waals surface area contributed by atoms with Gasteiger partial charge in [-0.1, -0.05) is 45.2 Å². The SMILES string of the molecule is COc1cc(/C=N\NC(=O)c2cc(Br)ccc2O)ccc1OCc1ccc(Cl)c(Cl)c1. The molecule has 0 bridgehead atoms. The van der Waals surface area contributed by atoms with E-state index in [1.807, 2.05) is 6.07 Å². The molecule has 160 valence electrons. The minimum absolute atomic E-state index is 0.107. The fourth-order valence-electron chi connectivity index (χ4n) is 2.59. The van der Waals surface area contributed by atoms with E-state index in [2.05, 4.69) is 26.5 Å². The van der Waals surface area contributed by atoms with Crippen molar-refractivity contribution in [1.29, 1.82) is 0 Å². The number of phenolic OH excluding ortho intramolecular Hbond substituents is 1. The lowest BCUT2D eigenvalue weighted by molar-refractivity contribution is 0.0952. The highest BCUT2D eigenvalue weighted by molar-refractivity contribution is 9.10. The van der Waals surface area contributed by atoms with Crippen LogP contribution < -0.4 is 14.9 Å². The van der Waals surface area contributed by atoms with Gasteiger partial charge in [0.2, 0.25) is 0 Å². The Balaban J connectivity index is 1.65. The number of hydrogen-bond acceptors (Lipinski definition) is 5. The van der Waals surface area contributed by atoms with Crippen LogP contribution in [0.1, 0.15) is 21.5 Å². The third-order valence-corrected chi connectivity index (χ3v) is 5.38. The van der Waals surface area contributed by atoms with Crippen molar-refractivity contribution in [1.82, 2.24) is 5.43 Å². The summed E-state index contributed by atoms with van der Waals surface area (Å²) in [5, 5.41) is 14.7. The van der Waals surface area contributed by atoms with Crippen molar-refractivity contribution in [2.45, 2.75) is 6.61 Å². The molecule has 0 spiro atoms. The van der Waals surface area contributed by atoms with Gasteiger partial charge in [0.15, 0.2) is 11.5 Å². The number of carbonyl (C=O) groups excluding carboxylic acids is 1. The highest BCUT2D eigenvalue weighted by atomic mass is 79.9. The van der Waals surface area contributed by atoms with Gasteiger partial charge < -0.3 is 14.6 Å². The number of ether oxygens (including phenoxy) is 2. The van der Waals surface area contributed by atoms with Crippen LogP contribution in [-0.2, 0) is 6.61 Å². The molecule has 0 fully saturated rings. The lowest BCUT2D eigenvalue weighted by Crippen LogP contribution is -2.17. The molecule has 9 heteroatoms. The molecule has 0 atom stereocenters. The van der Waals surface area contributed by atoms with Gasteiger partial charge in [-0.2, -0.15) is 5.10 Å². The number of benzene rings is 3. The molecule has 0 aliphatic rings.